The van der Waals surface area contributed by atoms with Crippen LogP contribution in [0.15, 0.2) is 48.8 Å². The quantitative estimate of drug-likeness (QED) is 0.322. The number of hydrogen-bond acceptors (Lipinski definition) is 8. The van der Waals surface area contributed by atoms with Crippen LogP contribution in [0.1, 0.15) is 42.2 Å². The molecule has 1 aliphatic carbocycles. The zero-order valence-corrected chi connectivity index (χ0v) is 22.8. The lowest BCUT2D eigenvalue weighted by molar-refractivity contribution is -0.137. The molecule has 7 rings (SSSR count). The predicted molar refractivity (Wildman–Crippen MR) is 147 cm³/mol. The monoisotopic (exact) mass is 599 g/mol. The summed E-state index contributed by atoms with van der Waals surface area (Å²) in [6.45, 7) is 1.39. The van der Waals surface area contributed by atoms with Crippen molar-refractivity contribution in [1.29, 1.82) is 0 Å². The molecule has 2 saturated heterocycles. The SMILES string of the molecule is O=C1NC(c2cc3nc(N4CCO[C@@H]5CCC[C@H]54)n(Cc4ccc(C(F)(F)F)cc4)c3c(-c3cncc(Cl)c3)n2)NO1. The lowest BCUT2D eigenvalue weighted by atomic mass is 10.1. The van der Waals surface area contributed by atoms with E-state index in [2.05, 4.69) is 20.7 Å². The first-order valence-electron chi connectivity index (χ1n) is 13.5. The Morgan fingerprint density at radius 1 is 1.10 bits per heavy atom. The number of morpholine rings is 1. The number of carbonyl (C=O) groups excluding carboxylic acids is 1. The fourth-order valence-electron chi connectivity index (χ4n) is 6.00. The second-order valence-corrected chi connectivity index (χ2v) is 11.0. The molecule has 10 nitrogen and oxygen atoms in total. The number of pyridine rings is 2. The van der Waals surface area contributed by atoms with Crippen LogP contribution >= 0.6 is 11.6 Å². The number of hydrogen-bond donors (Lipinski definition) is 2. The number of anilines is 1. The van der Waals surface area contributed by atoms with Crippen LogP contribution in [0.3, 0.4) is 0 Å². The maximum absolute atomic E-state index is 13.3. The molecule has 1 aromatic carbocycles. The summed E-state index contributed by atoms with van der Waals surface area (Å²) >= 11 is 6.32. The number of carbonyl (C=O) groups is 1. The molecule has 1 unspecified atom stereocenters. The zero-order chi connectivity index (χ0) is 29.0. The number of benzene rings is 1. The van der Waals surface area contributed by atoms with Crippen LogP contribution in [0, 0.1) is 0 Å². The minimum atomic E-state index is -4.43. The second kappa shape index (κ2) is 10.4. The third-order valence-corrected chi connectivity index (χ3v) is 8.10. The van der Waals surface area contributed by atoms with Gasteiger partial charge in [0, 0.05) is 24.5 Å². The van der Waals surface area contributed by atoms with E-state index in [0.717, 1.165) is 31.4 Å². The topological polar surface area (TPSA) is 106 Å². The first kappa shape index (κ1) is 26.9. The van der Waals surface area contributed by atoms with E-state index in [4.69, 9.17) is 31.1 Å². The number of halogens is 4. The number of nitrogens with one attached hydrogen (secondary N) is 2. The molecule has 0 radical (unpaired) electrons. The summed E-state index contributed by atoms with van der Waals surface area (Å²) in [6, 6.07) is 8.75. The number of hydroxylamine groups is 1. The molecule has 3 aliphatic rings. The molecule has 3 aromatic heterocycles. The lowest BCUT2D eigenvalue weighted by Gasteiger charge is -2.38. The Hall–Kier alpha value is -3.94. The van der Waals surface area contributed by atoms with E-state index < -0.39 is 24.0 Å². The first-order valence-corrected chi connectivity index (χ1v) is 13.9. The summed E-state index contributed by atoms with van der Waals surface area (Å²) in [7, 11) is 0. The maximum atomic E-state index is 13.3. The number of alkyl halides is 3. The Balaban J connectivity index is 1.43. The Labute approximate surface area is 242 Å². The van der Waals surface area contributed by atoms with Gasteiger partial charge in [0.05, 0.1) is 58.3 Å². The van der Waals surface area contributed by atoms with Gasteiger partial charge in [-0.05, 0) is 49.1 Å². The molecular weight excluding hydrogens is 575 g/mol. The van der Waals surface area contributed by atoms with Gasteiger partial charge < -0.3 is 19.0 Å². The summed E-state index contributed by atoms with van der Waals surface area (Å²) in [5.41, 5.74) is 5.39. The molecule has 5 heterocycles. The number of amides is 1. The average Bonchev–Trinajstić information content (AvgIpc) is 3.71. The molecule has 218 valence electrons. The molecule has 0 spiro atoms. The number of nitrogens with zero attached hydrogens (tertiary/aromatic N) is 5. The summed E-state index contributed by atoms with van der Waals surface area (Å²) in [5, 5.41) is 3.07. The van der Waals surface area contributed by atoms with E-state index in [1.165, 1.54) is 18.3 Å². The number of imidazole rings is 1. The van der Waals surface area contributed by atoms with Crippen molar-refractivity contribution in [2.75, 3.05) is 18.1 Å². The van der Waals surface area contributed by atoms with Crippen LogP contribution in [0.2, 0.25) is 5.02 Å². The number of rotatable bonds is 5. The average molecular weight is 600 g/mol. The van der Waals surface area contributed by atoms with Gasteiger partial charge in [-0.1, -0.05) is 23.7 Å². The van der Waals surface area contributed by atoms with Crippen LogP contribution < -0.4 is 15.7 Å². The van der Waals surface area contributed by atoms with Crippen molar-refractivity contribution in [1.82, 2.24) is 30.3 Å². The van der Waals surface area contributed by atoms with Crippen molar-refractivity contribution in [3.63, 3.8) is 0 Å². The predicted octanol–water partition coefficient (Wildman–Crippen LogP) is 5.21. The molecule has 4 aromatic rings. The number of ether oxygens (including phenoxy) is 1. The molecule has 14 heteroatoms. The molecule has 2 aliphatic heterocycles. The highest BCUT2D eigenvalue weighted by molar-refractivity contribution is 6.30. The minimum Gasteiger partial charge on any atom is -0.374 e. The van der Waals surface area contributed by atoms with Crippen molar-refractivity contribution < 1.29 is 27.5 Å². The van der Waals surface area contributed by atoms with E-state index in [-0.39, 0.29) is 18.7 Å². The molecule has 2 N–H and O–H groups in total. The molecule has 3 fully saturated rings. The highest BCUT2D eigenvalue weighted by Gasteiger charge is 2.39. The summed E-state index contributed by atoms with van der Waals surface area (Å²) in [5.74, 6) is 0.667. The summed E-state index contributed by atoms with van der Waals surface area (Å²) < 4.78 is 47.9. The highest BCUT2D eigenvalue weighted by atomic mass is 35.5. The number of fused-ring (bicyclic) bond motifs is 2. The van der Waals surface area contributed by atoms with Crippen LogP contribution in [-0.4, -0.2) is 50.9 Å². The van der Waals surface area contributed by atoms with E-state index in [1.807, 2.05) is 4.57 Å². The zero-order valence-electron chi connectivity index (χ0n) is 22.1. The Morgan fingerprint density at radius 2 is 1.93 bits per heavy atom. The van der Waals surface area contributed by atoms with E-state index in [9.17, 15) is 18.0 Å². The van der Waals surface area contributed by atoms with Crippen molar-refractivity contribution >= 4 is 34.7 Å². The van der Waals surface area contributed by atoms with Crippen molar-refractivity contribution in [2.45, 2.75) is 50.3 Å². The molecule has 0 bridgehead atoms. The van der Waals surface area contributed by atoms with E-state index in [1.54, 1.807) is 18.3 Å². The van der Waals surface area contributed by atoms with Gasteiger partial charge in [0.1, 0.15) is 0 Å². The van der Waals surface area contributed by atoms with E-state index >= 15 is 0 Å². The van der Waals surface area contributed by atoms with Crippen molar-refractivity contribution in [2.24, 2.45) is 0 Å². The second-order valence-electron chi connectivity index (χ2n) is 10.5. The fourth-order valence-corrected chi connectivity index (χ4v) is 6.18. The third kappa shape index (κ3) is 4.91. The fraction of sp³-hybridized carbons (Fsp3) is 0.357. The Morgan fingerprint density at radius 3 is 2.67 bits per heavy atom. The molecule has 1 amide bonds. The Bertz CT molecular complexity index is 1660. The van der Waals surface area contributed by atoms with Crippen LogP contribution in [0.4, 0.5) is 23.9 Å². The maximum Gasteiger partial charge on any atom is 0.427 e. The molecular formula is C28H25ClF3N7O3. The number of aromatic nitrogens is 4. The van der Waals surface area contributed by atoms with Crippen molar-refractivity contribution in [3.8, 4) is 11.3 Å². The molecule has 1 saturated carbocycles. The van der Waals surface area contributed by atoms with Gasteiger partial charge in [-0.15, -0.1) is 5.48 Å². The van der Waals surface area contributed by atoms with Gasteiger partial charge in [0.2, 0.25) is 5.95 Å². The van der Waals surface area contributed by atoms with Gasteiger partial charge >= 0.3 is 12.3 Å². The van der Waals surface area contributed by atoms with Crippen molar-refractivity contribution in [3.05, 3.63) is 70.6 Å². The first-order chi connectivity index (χ1) is 20.2. The third-order valence-electron chi connectivity index (χ3n) is 7.89. The van der Waals surface area contributed by atoms with E-state index in [0.29, 0.717) is 57.7 Å². The van der Waals surface area contributed by atoms with Gasteiger partial charge in [-0.25, -0.2) is 14.8 Å². The summed E-state index contributed by atoms with van der Waals surface area (Å²) in [6.07, 6.45) is 0.360. The van der Waals surface area contributed by atoms with Gasteiger partial charge in [0.15, 0.2) is 6.17 Å². The standard InChI is InChI=1S/C28H25ClF3N7O3/c29-18-10-16(12-33-13-18)23-24-19(11-20(34-23)25-36-27(40)42-37-25)35-26(38-8-9-41-22-3-1-2-21(22)38)39(24)14-15-4-6-17(7-5-15)28(30,31)32/h4-7,10-13,21-22,25,37H,1-3,8-9,14H2,(H,36,40)/t21-,22-,25?/m1/s1. The normalized spacial score (nSPS) is 22.3. The molecule has 42 heavy (non-hydrogen) atoms. The van der Waals surface area contributed by atoms with Gasteiger partial charge in [-0.3, -0.25) is 10.3 Å². The van der Waals surface area contributed by atoms with Gasteiger partial charge in [0.25, 0.3) is 0 Å². The van der Waals surface area contributed by atoms with Gasteiger partial charge in [-0.2, -0.15) is 13.2 Å². The Kier molecular flexibility index (Phi) is 6.67. The van der Waals surface area contributed by atoms with Crippen LogP contribution in [0.5, 0.6) is 0 Å². The summed E-state index contributed by atoms with van der Waals surface area (Å²) in [4.78, 5) is 33.1. The minimum absolute atomic E-state index is 0.0819. The van der Waals surface area contributed by atoms with Crippen LogP contribution in [-0.2, 0) is 22.3 Å². The van der Waals surface area contributed by atoms with Crippen LogP contribution in [0.25, 0.3) is 22.3 Å². The smallest absolute Gasteiger partial charge is 0.374 e. The lowest BCUT2D eigenvalue weighted by Crippen LogP contribution is -2.49. The largest absolute Gasteiger partial charge is 0.427 e. The molecule has 3 atom stereocenters. The highest BCUT2D eigenvalue weighted by Crippen LogP contribution is 2.38.